The van der Waals surface area contributed by atoms with Gasteiger partial charge in [-0.15, -0.1) is 12.6 Å². The zero-order valence-electron chi connectivity index (χ0n) is 7.47. The van der Waals surface area contributed by atoms with Crippen molar-refractivity contribution in [3.8, 4) is 6.07 Å². The van der Waals surface area contributed by atoms with Crippen molar-refractivity contribution in [1.29, 1.82) is 5.26 Å². The summed E-state index contributed by atoms with van der Waals surface area (Å²) in [7, 11) is 0. The summed E-state index contributed by atoms with van der Waals surface area (Å²) in [6.07, 6.45) is 2.85. The first-order valence-electron chi connectivity index (χ1n) is 4.01. The molecule has 0 fully saturated rings. The number of nitriles is 1. The molecule has 0 amide bonds. The highest BCUT2D eigenvalue weighted by Gasteiger charge is 2.00. The van der Waals surface area contributed by atoms with Crippen molar-refractivity contribution in [3.63, 3.8) is 0 Å². The van der Waals surface area contributed by atoms with Gasteiger partial charge in [0.15, 0.2) is 11.5 Å². The van der Waals surface area contributed by atoms with Crippen molar-refractivity contribution < 1.29 is 0 Å². The topological polar surface area (TPSA) is 90.3 Å². The van der Waals surface area contributed by atoms with Crippen LogP contribution in [0.3, 0.4) is 0 Å². The van der Waals surface area contributed by atoms with Gasteiger partial charge in [0.1, 0.15) is 11.9 Å². The molecule has 0 aromatic carbocycles. The summed E-state index contributed by atoms with van der Waals surface area (Å²) in [6.45, 7) is 0. The summed E-state index contributed by atoms with van der Waals surface area (Å²) >= 11 is 4.07. The Morgan fingerprint density at radius 1 is 1.33 bits per heavy atom. The molecule has 0 aliphatic rings. The van der Waals surface area contributed by atoms with Crippen LogP contribution in [0.15, 0.2) is 23.5 Å². The van der Waals surface area contributed by atoms with Gasteiger partial charge in [0, 0.05) is 6.07 Å². The van der Waals surface area contributed by atoms with E-state index >= 15 is 0 Å². The predicted molar refractivity (Wildman–Crippen MR) is 55.9 cm³/mol. The van der Waals surface area contributed by atoms with Crippen molar-refractivity contribution in [2.45, 2.75) is 5.03 Å². The number of hydrogen-bond acceptors (Lipinski definition) is 6. The second-order valence-corrected chi connectivity index (χ2v) is 3.14. The Hall–Kier alpha value is -2.07. The van der Waals surface area contributed by atoms with Crippen LogP contribution in [-0.4, -0.2) is 20.2 Å². The van der Waals surface area contributed by atoms with Crippen molar-refractivity contribution >= 4 is 24.3 Å². The van der Waals surface area contributed by atoms with Gasteiger partial charge in [0.25, 0.3) is 0 Å². The maximum atomic E-state index is 8.52. The van der Waals surface area contributed by atoms with E-state index in [2.05, 4.69) is 38.1 Å². The summed E-state index contributed by atoms with van der Waals surface area (Å²) in [5.41, 5.74) is 0.275. The van der Waals surface area contributed by atoms with Gasteiger partial charge in [-0.25, -0.2) is 9.97 Å². The molecule has 6 nitrogen and oxygen atoms in total. The summed E-state index contributed by atoms with van der Waals surface area (Å²) in [5.74, 6) is 1.12. The van der Waals surface area contributed by atoms with Gasteiger partial charge in [-0.1, -0.05) is 0 Å². The summed E-state index contributed by atoms with van der Waals surface area (Å²) in [4.78, 5) is 7.84. The number of aromatic nitrogens is 4. The highest BCUT2D eigenvalue weighted by molar-refractivity contribution is 7.80. The van der Waals surface area contributed by atoms with Gasteiger partial charge in [0.2, 0.25) is 0 Å². The molecule has 0 unspecified atom stereocenters. The quantitative estimate of drug-likeness (QED) is 0.657. The van der Waals surface area contributed by atoms with Crippen molar-refractivity contribution in [2.24, 2.45) is 0 Å². The lowest BCUT2D eigenvalue weighted by molar-refractivity contribution is 1.01. The fraction of sp³-hybridized carbons (Fsp3) is 0. The fourth-order valence-electron chi connectivity index (χ4n) is 0.957. The molecule has 0 radical (unpaired) electrons. The smallest absolute Gasteiger partial charge is 0.158 e. The van der Waals surface area contributed by atoms with Gasteiger partial charge < -0.3 is 5.32 Å². The molecule has 2 aromatic rings. The molecule has 7 heteroatoms. The van der Waals surface area contributed by atoms with Crippen molar-refractivity contribution in [2.75, 3.05) is 5.32 Å². The third-order valence-electron chi connectivity index (χ3n) is 1.59. The van der Waals surface area contributed by atoms with Crippen LogP contribution < -0.4 is 5.32 Å². The molecule has 0 bridgehead atoms. The minimum Gasteiger partial charge on any atom is -0.322 e. The number of aromatic amines is 1. The Labute approximate surface area is 90.8 Å². The minimum absolute atomic E-state index is 0.275. The molecule has 2 aromatic heterocycles. The number of H-pyrrole nitrogens is 1. The van der Waals surface area contributed by atoms with Gasteiger partial charge in [-0.05, 0) is 0 Å². The van der Waals surface area contributed by atoms with Crippen LogP contribution in [0, 0.1) is 11.3 Å². The van der Waals surface area contributed by atoms with Gasteiger partial charge in [-0.2, -0.15) is 10.4 Å². The molecule has 0 aliphatic carbocycles. The molecule has 2 heterocycles. The molecule has 15 heavy (non-hydrogen) atoms. The first-order valence-corrected chi connectivity index (χ1v) is 4.46. The lowest BCUT2D eigenvalue weighted by atomic mass is 10.5. The number of thiol groups is 1. The number of rotatable bonds is 2. The zero-order valence-corrected chi connectivity index (χ0v) is 8.36. The Balaban J connectivity index is 2.15. The molecule has 2 rings (SSSR count). The van der Waals surface area contributed by atoms with E-state index < -0.39 is 0 Å². The predicted octanol–water partition coefficient (Wildman–Crippen LogP) is 1.10. The molecular weight excluding hydrogens is 212 g/mol. The van der Waals surface area contributed by atoms with Crippen LogP contribution >= 0.6 is 12.6 Å². The maximum Gasteiger partial charge on any atom is 0.158 e. The highest BCUT2D eigenvalue weighted by Crippen LogP contribution is 2.13. The van der Waals surface area contributed by atoms with E-state index in [1.807, 2.05) is 6.07 Å². The van der Waals surface area contributed by atoms with Gasteiger partial charge >= 0.3 is 0 Å². The number of nitrogens with one attached hydrogen (secondary N) is 2. The Morgan fingerprint density at radius 2 is 2.20 bits per heavy atom. The molecule has 2 N–H and O–H groups in total. The van der Waals surface area contributed by atoms with Crippen LogP contribution in [-0.2, 0) is 0 Å². The van der Waals surface area contributed by atoms with Gasteiger partial charge in [-0.3, -0.25) is 5.10 Å². The third kappa shape index (κ3) is 2.24. The molecule has 0 aliphatic heterocycles. The van der Waals surface area contributed by atoms with Crippen molar-refractivity contribution in [1.82, 2.24) is 20.2 Å². The van der Waals surface area contributed by atoms with Crippen LogP contribution in [0.5, 0.6) is 0 Å². The number of anilines is 2. The molecule has 74 valence electrons. The van der Waals surface area contributed by atoms with Crippen LogP contribution in [0.2, 0.25) is 0 Å². The lowest BCUT2D eigenvalue weighted by Crippen LogP contribution is -1.95. The molecule has 0 atom stereocenters. The molecule has 0 saturated heterocycles. The average Bonchev–Trinajstić information content (AvgIpc) is 2.65. The van der Waals surface area contributed by atoms with Crippen LogP contribution in [0.4, 0.5) is 11.6 Å². The summed E-state index contributed by atoms with van der Waals surface area (Å²) < 4.78 is 0. The standard InChI is InChI=1S/C8H6N6S/c9-2-5-3-11-7(4-10-5)12-6-1-8(15)14-13-6/h1,3-4H,(H3,11,12,13,14,15). The molecule has 0 spiro atoms. The molecule has 0 saturated carbocycles. The largest absolute Gasteiger partial charge is 0.322 e. The van der Waals surface area contributed by atoms with E-state index in [4.69, 9.17) is 5.26 Å². The lowest BCUT2D eigenvalue weighted by Gasteiger charge is -1.99. The number of nitrogens with zero attached hydrogens (tertiary/aromatic N) is 4. The van der Waals surface area contributed by atoms with E-state index in [-0.39, 0.29) is 5.69 Å². The minimum atomic E-state index is 0.275. The van der Waals surface area contributed by atoms with E-state index in [9.17, 15) is 0 Å². The third-order valence-corrected chi connectivity index (χ3v) is 1.82. The number of hydrogen-bond donors (Lipinski definition) is 3. The van der Waals surface area contributed by atoms with Crippen molar-refractivity contribution in [3.05, 3.63) is 24.2 Å². The average molecular weight is 218 g/mol. The normalized spacial score (nSPS) is 9.60. The summed E-state index contributed by atoms with van der Waals surface area (Å²) in [6, 6.07) is 3.60. The van der Waals surface area contributed by atoms with Gasteiger partial charge in [0.05, 0.1) is 17.4 Å². The highest BCUT2D eigenvalue weighted by atomic mass is 32.1. The SMILES string of the molecule is N#Cc1cnc(Nc2cc(S)[nH]n2)cn1. The first kappa shape index (κ1) is 9.48. The zero-order chi connectivity index (χ0) is 10.7. The van der Waals surface area contributed by atoms with E-state index in [0.29, 0.717) is 16.7 Å². The summed E-state index contributed by atoms with van der Waals surface area (Å²) in [5, 5.41) is 18.6. The van der Waals surface area contributed by atoms with E-state index in [0.717, 1.165) is 0 Å². The van der Waals surface area contributed by atoms with Crippen LogP contribution in [0.25, 0.3) is 0 Å². The Morgan fingerprint density at radius 3 is 2.73 bits per heavy atom. The monoisotopic (exact) mass is 218 g/mol. The van der Waals surface area contributed by atoms with E-state index in [1.165, 1.54) is 12.4 Å². The first-order chi connectivity index (χ1) is 7.28. The second-order valence-electron chi connectivity index (χ2n) is 2.66. The maximum absolute atomic E-state index is 8.52. The van der Waals surface area contributed by atoms with E-state index in [1.54, 1.807) is 6.07 Å². The molecular formula is C8H6N6S. The Bertz CT molecular complexity index is 497. The second kappa shape index (κ2) is 3.98. The van der Waals surface area contributed by atoms with Crippen LogP contribution in [0.1, 0.15) is 5.69 Å². The Kier molecular flexibility index (Phi) is 2.51. The fourth-order valence-corrected chi connectivity index (χ4v) is 1.13.